The molecule has 0 bridgehead atoms. The summed E-state index contributed by atoms with van der Waals surface area (Å²) in [6.45, 7) is 9.73. The fraction of sp³-hybridized carbons (Fsp3) is 0.130. The van der Waals surface area contributed by atoms with E-state index in [1.54, 1.807) is 0 Å². The lowest BCUT2D eigenvalue weighted by atomic mass is 9.74. The molecule has 0 aliphatic heterocycles. The maximum Gasteiger partial charge on any atom is 0.0465 e. The maximum absolute atomic E-state index is 2.44. The number of nitrogens with zero attached hydrogens (tertiary/aromatic N) is 2. The van der Waals surface area contributed by atoms with E-state index in [2.05, 4.69) is 195 Å². The molecule has 0 atom stereocenters. The van der Waals surface area contributed by atoms with Crippen LogP contribution in [-0.4, -0.2) is 0 Å². The van der Waals surface area contributed by atoms with E-state index in [1.807, 2.05) is 11.3 Å². The number of para-hydroxylation sites is 4. The number of anilines is 6. The third-order valence-corrected chi connectivity index (χ3v) is 11.8. The van der Waals surface area contributed by atoms with E-state index >= 15 is 0 Å². The van der Waals surface area contributed by atoms with E-state index in [1.165, 1.54) is 54.5 Å². The molecule has 0 amide bonds. The second kappa shape index (κ2) is 11.1. The Bertz CT molecular complexity index is 2080. The predicted octanol–water partition coefficient (Wildman–Crippen LogP) is 13.3. The molecular weight excluding hydrogens is 613 g/mol. The highest BCUT2D eigenvalue weighted by Crippen LogP contribution is 2.64. The lowest BCUT2D eigenvalue weighted by Gasteiger charge is -2.31. The normalized spacial score (nSPS) is 14.4. The van der Waals surface area contributed by atoms with Crippen molar-refractivity contribution in [2.45, 2.75) is 38.5 Å². The Morgan fingerprint density at radius 2 is 0.673 bits per heavy atom. The van der Waals surface area contributed by atoms with Crippen LogP contribution in [0.1, 0.15) is 49.9 Å². The number of hydrogen-bond acceptors (Lipinski definition) is 3. The van der Waals surface area contributed by atoms with E-state index in [0.717, 1.165) is 22.7 Å². The molecule has 0 saturated carbocycles. The molecule has 0 spiro atoms. The van der Waals surface area contributed by atoms with E-state index in [-0.39, 0.29) is 10.8 Å². The summed E-state index contributed by atoms with van der Waals surface area (Å²) in [5, 5.41) is 0. The molecule has 2 aliphatic carbocycles. The molecule has 2 nitrogen and oxygen atoms in total. The van der Waals surface area contributed by atoms with Gasteiger partial charge in [0.25, 0.3) is 0 Å². The van der Waals surface area contributed by atoms with Crippen molar-refractivity contribution in [2.24, 2.45) is 0 Å². The smallest absolute Gasteiger partial charge is 0.0465 e. The summed E-state index contributed by atoms with van der Waals surface area (Å²) in [5.41, 5.74) is 15.3. The summed E-state index contributed by atoms with van der Waals surface area (Å²) >= 11 is 1.99. The Balaban J connectivity index is 1.15. The van der Waals surface area contributed by atoms with Crippen molar-refractivity contribution in [2.75, 3.05) is 9.80 Å². The first kappa shape index (κ1) is 29.7. The summed E-state index contributed by atoms with van der Waals surface area (Å²) in [4.78, 5) is 7.61. The fourth-order valence-corrected chi connectivity index (χ4v) is 9.95. The van der Waals surface area contributed by atoms with E-state index in [0.29, 0.717) is 0 Å². The van der Waals surface area contributed by atoms with Gasteiger partial charge in [-0.25, -0.2) is 0 Å². The third kappa shape index (κ3) is 4.53. The summed E-state index contributed by atoms with van der Waals surface area (Å²) in [7, 11) is 0. The quantitative estimate of drug-likeness (QED) is 0.177. The number of hydrogen-bond donors (Lipinski definition) is 0. The topological polar surface area (TPSA) is 6.48 Å². The van der Waals surface area contributed by atoms with Gasteiger partial charge in [-0.3, -0.25) is 0 Å². The van der Waals surface area contributed by atoms with Gasteiger partial charge in [-0.1, -0.05) is 113 Å². The fourth-order valence-electron chi connectivity index (χ4n) is 8.25. The minimum absolute atomic E-state index is 0.147. The van der Waals surface area contributed by atoms with Crippen LogP contribution in [0.15, 0.2) is 158 Å². The van der Waals surface area contributed by atoms with Crippen LogP contribution in [0.5, 0.6) is 0 Å². The summed E-state index contributed by atoms with van der Waals surface area (Å²) in [6, 6.07) is 57.1. The number of rotatable bonds is 6. The van der Waals surface area contributed by atoms with Gasteiger partial charge in [0.1, 0.15) is 0 Å². The zero-order valence-electron chi connectivity index (χ0n) is 28.3. The summed E-state index contributed by atoms with van der Waals surface area (Å²) in [5.74, 6) is 0. The molecule has 0 saturated heterocycles. The molecule has 1 aromatic heterocycles. The van der Waals surface area contributed by atoms with Crippen LogP contribution >= 0.6 is 11.3 Å². The average molecular weight is 651 g/mol. The van der Waals surface area contributed by atoms with Crippen LogP contribution < -0.4 is 9.80 Å². The first-order valence-electron chi connectivity index (χ1n) is 17.1. The lowest BCUT2D eigenvalue weighted by Crippen LogP contribution is -2.23. The Hall–Kier alpha value is -5.38. The summed E-state index contributed by atoms with van der Waals surface area (Å²) in [6.07, 6.45) is 0. The van der Waals surface area contributed by atoms with Gasteiger partial charge < -0.3 is 9.80 Å². The van der Waals surface area contributed by atoms with Gasteiger partial charge in [0, 0.05) is 54.7 Å². The highest BCUT2D eigenvalue weighted by atomic mass is 32.1. The largest absolute Gasteiger partial charge is 0.310 e. The molecule has 7 aromatic rings. The lowest BCUT2D eigenvalue weighted by molar-refractivity contribution is 0.603. The van der Waals surface area contributed by atoms with Gasteiger partial charge in [0.05, 0.1) is 0 Å². The van der Waals surface area contributed by atoms with Gasteiger partial charge >= 0.3 is 0 Å². The van der Waals surface area contributed by atoms with Crippen LogP contribution in [0.3, 0.4) is 0 Å². The zero-order chi connectivity index (χ0) is 33.3. The molecule has 0 N–H and O–H groups in total. The van der Waals surface area contributed by atoms with Gasteiger partial charge in [-0.05, 0) is 106 Å². The Morgan fingerprint density at radius 3 is 0.980 bits per heavy atom. The van der Waals surface area contributed by atoms with Gasteiger partial charge in [0.2, 0.25) is 0 Å². The monoisotopic (exact) mass is 650 g/mol. The highest BCUT2D eigenvalue weighted by Gasteiger charge is 2.48. The van der Waals surface area contributed by atoms with Crippen molar-refractivity contribution >= 4 is 45.5 Å². The maximum atomic E-state index is 2.44. The Morgan fingerprint density at radius 1 is 0.367 bits per heavy atom. The van der Waals surface area contributed by atoms with Crippen LogP contribution in [-0.2, 0) is 10.8 Å². The minimum Gasteiger partial charge on any atom is -0.310 e. The van der Waals surface area contributed by atoms with Crippen molar-refractivity contribution in [3.63, 3.8) is 0 Å². The molecule has 6 aromatic carbocycles. The Labute approximate surface area is 293 Å². The van der Waals surface area contributed by atoms with Crippen LogP contribution in [0, 0.1) is 0 Å². The zero-order valence-corrected chi connectivity index (χ0v) is 29.1. The number of thiophene rings is 1. The van der Waals surface area contributed by atoms with Gasteiger partial charge in [-0.2, -0.15) is 0 Å². The summed E-state index contributed by atoms with van der Waals surface area (Å²) < 4.78 is 0. The van der Waals surface area contributed by atoms with Crippen molar-refractivity contribution in [1.82, 2.24) is 0 Å². The van der Waals surface area contributed by atoms with Gasteiger partial charge in [-0.15, -0.1) is 11.3 Å². The SMILES string of the molecule is CC1(C)c2cc(N(c3ccccc3)c3ccccc3)ccc2-c2sc3c(c21)C(C)(C)c1cc(N(c2ccccc2)c2ccccc2)ccc1-3. The molecule has 3 heteroatoms. The molecule has 238 valence electrons. The van der Waals surface area contributed by atoms with E-state index in [4.69, 9.17) is 0 Å². The molecule has 2 aliphatic rings. The standard InChI is InChI=1S/C46H38N2S/c1-45(2)39-29-35(47(31-17-9-5-10-18-31)32-19-11-6-12-20-32)25-27-37(39)43-41(45)42-44(49-43)38-28-26-36(30-40(38)46(42,3)4)48(33-21-13-7-14-22-33)34-23-15-8-16-24-34/h5-30H,1-4H3. The number of fused-ring (bicyclic) bond motifs is 7. The van der Waals surface area contributed by atoms with Crippen LogP contribution in [0.2, 0.25) is 0 Å². The average Bonchev–Trinajstić information content (AvgIpc) is 3.71. The molecule has 0 fully saturated rings. The molecule has 0 radical (unpaired) electrons. The molecule has 1 heterocycles. The van der Waals surface area contributed by atoms with Crippen molar-refractivity contribution in [3.8, 4) is 20.9 Å². The molecule has 49 heavy (non-hydrogen) atoms. The van der Waals surface area contributed by atoms with E-state index < -0.39 is 0 Å². The predicted molar refractivity (Wildman–Crippen MR) is 209 cm³/mol. The highest BCUT2D eigenvalue weighted by molar-refractivity contribution is 7.19. The second-order valence-corrected chi connectivity index (χ2v) is 15.3. The van der Waals surface area contributed by atoms with Crippen molar-refractivity contribution in [1.29, 1.82) is 0 Å². The van der Waals surface area contributed by atoms with Crippen molar-refractivity contribution in [3.05, 3.63) is 180 Å². The number of benzene rings is 6. The first-order valence-corrected chi connectivity index (χ1v) is 17.9. The first-order chi connectivity index (χ1) is 23.8. The molecule has 0 unspecified atom stereocenters. The minimum atomic E-state index is -0.147. The van der Waals surface area contributed by atoms with Gasteiger partial charge in [0.15, 0.2) is 0 Å². The molecular formula is C46H38N2S. The van der Waals surface area contributed by atoms with Crippen LogP contribution in [0.4, 0.5) is 34.1 Å². The Kier molecular flexibility index (Phi) is 6.73. The second-order valence-electron chi connectivity index (χ2n) is 14.2. The third-order valence-electron chi connectivity index (χ3n) is 10.6. The van der Waals surface area contributed by atoms with Crippen molar-refractivity contribution < 1.29 is 0 Å². The van der Waals surface area contributed by atoms with E-state index in [9.17, 15) is 0 Å². The molecule has 9 rings (SSSR count). The van der Waals surface area contributed by atoms with Crippen LogP contribution in [0.25, 0.3) is 20.9 Å².